The summed E-state index contributed by atoms with van der Waals surface area (Å²) < 4.78 is 32.3. The molecule has 1 N–H and O–H groups in total. The molecule has 0 atom stereocenters. The fourth-order valence-corrected chi connectivity index (χ4v) is 4.37. The summed E-state index contributed by atoms with van der Waals surface area (Å²) in [6.07, 6.45) is 0. The maximum absolute atomic E-state index is 12.3. The number of benzene rings is 2. The Balaban J connectivity index is 1.66. The van der Waals surface area contributed by atoms with Crippen molar-refractivity contribution in [1.82, 2.24) is 14.9 Å². The van der Waals surface area contributed by atoms with Gasteiger partial charge in [0.2, 0.25) is 21.7 Å². The lowest BCUT2D eigenvalue weighted by Gasteiger charge is -2.08. The summed E-state index contributed by atoms with van der Waals surface area (Å²) in [7, 11) is -3.70. The number of sulfonamides is 1. The highest BCUT2D eigenvalue weighted by Gasteiger charge is 2.18. The average molecular weight is 440 g/mol. The fourth-order valence-electron chi connectivity index (χ4n) is 2.54. The first-order chi connectivity index (χ1) is 13.2. The second-order valence-electron chi connectivity index (χ2n) is 6.57. The summed E-state index contributed by atoms with van der Waals surface area (Å²) in [6.45, 7) is 4.11. The molecule has 2 aromatic carbocycles. The molecule has 9 heteroatoms. The Morgan fingerprint density at radius 1 is 1.07 bits per heavy atom. The van der Waals surface area contributed by atoms with Gasteiger partial charge in [0, 0.05) is 21.2 Å². The molecule has 1 heterocycles. The minimum atomic E-state index is -3.70. The van der Waals surface area contributed by atoms with E-state index in [-0.39, 0.29) is 18.2 Å². The molecule has 3 rings (SSSR count). The van der Waals surface area contributed by atoms with Crippen LogP contribution in [0, 0.1) is 0 Å². The molecular weight excluding hydrogens is 421 g/mol. The van der Waals surface area contributed by atoms with Crippen molar-refractivity contribution in [2.45, 2.75) is 32.1 Å². The van der Waals surface area contributed by atoms with E-state index < -0.39 is 10.0 Å². The van der Waals surface area contributed by atoms with E-state index in [1.54, 1.807) is 18.2 Å². The topological polar surface area (TPSA) is 85.1 Å². The molecule has 28 heavy (non-hydrogen) atoms. The molecular formula is C19H19Cl2N3O3S. The van der Waals surface area contributed by atoms with E-state index in [1.807, 2.05) is 24.3 Å². The predicted octanol–water partition coefficient (Wildman–Crippen LogP) is 4.79. The summed E-state index contributed by atoms with van der Waals surface area (Å²) >= 11 is 12.1. The highest BCUT2D eigenvalue weighted by molar-refractivity contribution is 7.88. The van der Waals surface area contributed by atoms with Crippen molar-refractivity contribution >= 4 is 33.2 Å². The van der Waals surface area contributed by atoms with Crippen molar-refractivity contribution in [3.05, 3.63) is 69.5 Å². The zero-order chi connectivity index (χ0) is 20.3. The molecule has 6 nitrogen and oxygen atoms in total. The van der Waals surface area contributed by atoms with Crippen LogP contribution in [0.4, 0.5) is 0 Å². The molecule has 0 amide bonds. The van der Waals surface area contributed by atoms with Crippen LogP contribution in [0.3, 0.4) is 0 Å². The lowest BCUT2D eigenvalue weighted by atomic mass is 10.0. The van der Waals surface area contributed by atoms with Gasteiger partial charge in [-0.25, -0.2) is 13.1 Å². The van der Waals surface area contributed by atoms with Gasteiger partial charge in [-0.15, -0.1) is 0 Å². The van der Waals surface area contributed by atoms with Gasteiger partial charge in [0.05, 0.1) is 12.3 Å². The van der Waals surface area contributed by atoms with E-state index >= 15 is 0 Å². The molecule has 0 bridgehead atoms. The van der Waals surface area contributed by atoms with Crippen LogP contribution in [-0.2, 0) is 22.3 Å². The monoisotopic (exact) mass is 439 g/mol. The molecule has 1 aromatic heterocycles. The van der Waals surface area contributed by atoms with Gasteiger partial charge in [0.1, 0.15) is 0 Å². The van der Waals surface area contributed by atoms with Crippen LogP contribution in [0.5, 0.6) is 0 Å². The summed E-state index contributed by atoms with van der Waals surface area (Å²) in [5.74, 6) is 0.648. The van der Waals surface area contributed by atoms with Gasteiger partial charge in [-0.05, 0) is 23.6 Å². The van der Waals surface area contributed by atoms with Crippen molar-refractivity contribution in [2.75, 3.05) is 0 Å². The van der Waals surface area contributed by atoms with Crippen molar-refractivity contribution in [3.8, 4) is 11.4 Å². The third kappa shape index (κ3) is 5.11. The highest BCUT2D eigenvalue weighted by atomic mass is 35.5. The van der Waals surface area contributed by atoms with Crippen molar-refractivity contribution in [1.29, 1.82) is 0 Å². The van der Waals surface area contributed by atoms with Gasteiger partial charge in [-0.3, -0.25) is 0 Å². The van der Waals surface area contributed by atoms with Gasteiger partial charge in [0.25, 0.3) is 0 Å². The number of nitrogens with one attached hydrogen (secondary N) is 1. The smallest absolute Gasteiger partial charge is 0.242 e. The van der Waals surface area contributed by atoms with E-state index in [1.165, 1.54) is 5.56 Å². The van der Waals surface area contributed by atoms with Gasteiger partial charge in [0.15, 0.2) is 0 Å². The normalized spacial score (nSPS) is 11.9. The average Bonchev–Trinajstić information content (AvgIpc) is 3.13. The van der Waals surface area contributed by atoms with Crippen LogP contribution in [0.1, 0.15) is 36.8 Å². The molecule has 0 radical (unpaired) electrons. The molecule has 0 aliphatic rings. The van der Waals surface area contributed by atoms with Crippen LogP contribution < -0.4 is 4.72 Å². The molecule has 148 valence electrons. The van der Waals surface area contributed by atoms with Crippen LogP contribution in [0.2, 0.25) is 10.0 Å². The third-order valence-electron chi connectivity index (χ3n) is 4.14. The van der Waals surface area contributed by atoms with E-state index in [9.17, 15) is 8.42 Å². The number of rotatable bonds is 7. The summed E-state index contributed by atoms with van der Waals surface area (Å²) in [5, 5.41) is 4.50. The van der Waals surface area contributed by atoms with Crippen molar-refractivity contribution in [2.24, 2.45) is 0 Å². The molecule has 0 aliphatic carbocycles. The van der Waals surface area contributed by atoms with Crippen LogP contribution >= 0.6 is 23.2 Å². The second-order valence-corrected chi connectivity index (χ2v) is 9.19. The zero-order valence-electron chi connectivity index (χ0n) is 15.3. The Morgan fingerprint density at radius 2 is 1.71 bits per heavy atom. The quantitative estimate of drug-likeness (QED) is 0.571. The maximum Gasteiger partial charge on any atom is 0.242 e. The molecule has 0 unspecified atom stereocenters. The van der Waals surface area contributed by atoms with E-state index in [0.717, 1.165) is 5.56 Å². The Bertz CT molecular complexity index is 1040. The first-order valence-electron chi connectivity index (χ1n) is 8.58. The largest absolute Gasteiger partial charge is 0.338 e. The number of aromatic nitrogens is 2. The lowest BCUT2D eigenvalue weighted by Crippen LogP contribution is -2.25. The Morgan fingerprint density at radius 3 is 2.32 bits per heavy atom. The van der Waals surface area contributed by atoms with Gasteiger partial charge in [-0.1, -0.05) is 72.5 Å². The minimum absolute atomic E-state index is 0.124. The lowest BCUT2D eigenvalue weighted by molar-refractivity contribution is 0.376. The number of halogens is 2. The Kier molecular flexibility index (Phi) is 6.40. The van der Waals surface area contributed by atoms with E-state index in [2.05, 4.69) is 28.7 Å². The summed E-state index contributed by atoms with van der Waals surface area (Å²) in [5.41, 5.74) is 2.35. The highest BCUT2D eigenvalue weighted by Crippen LogP contribution is 2.26. The minimum Gasteiger partial charge on any atom is -0.338 e. The van der Waals surface area contributed by atoms with Crippen LogP contribution in [-0.4, -0.2) is 18.6 Å². The molecule has 0 fully saturated rings. The molecule has 3 aromatic rings. The van der Waals surface area contributed by atoms with Crippen LogP contribution in [0.25, 0.3) is 11.4 Å². The number of hydrogen-bond donors (Lipinski definition) is 1. The SMILES string of the molecule is CC(C)c1ccc(-c2noc(CNS(=O)(=O)Cc3c(Cl)cccc3Cl)n2)cc1. The number of hydrogen-bond acceptors (Lipinski definition) is 5. The van der Waals surface area contributed by atoms with Gasteiger partial charge < -0.3 is 4.52 Å². The van der Waals surface area contributed by atoms with Crippen molar-refractivity contribution < 1.29 is 12.9 Å². The van der Waals surface area contributed by atoms with E-state index in [4.69, 9.17) is 27.7 Å². The first-order valence-corrected chi connectivity index (χ1v) is 11.0. The predicted molar refractivity (Wildman–Crippen MR) is 110 cm³/mol. The Hall–Kier alpha value is -1.93. The van der Waals surface area contributed by atoms with Crippen molar-refractivity contribution in [3.63, 3.8) is 0 Å². The standard InChI is InChI=1S/C19H19Cl2N3O3S/c1-12(2)13-6-8-14(9-7-13)19-23-18(27-24-19)10-22-28(25,26)11-15-16(20)4-3-5-17(15)21/h3-9,12,22H,10-11H2,1-2H3. The zero-order valence-corrected chi connectivity index (χ0v) is 17.6. The van der Waals surface area contributed by atoms with Gasteiger partial charge in [-0.2, -0.15) is 4.98 Å². The third-order valence-corrected chi connectivity index (χ3v) is 6.10. The molecule has 0 saturated carbocycles. The van der Waals surface area contributed by atoms with Gasteiger partial charge >= 0.3 is 0 Å². The fraction of sp³-hybridized carbons (Fsp3) is 0.263. The molecule has 0 saturated heterocycles. The van der Waals surface area contributed by atoms with Crippen LogP contribution in [0.15, 0.2) is 47.0 Å². The summed E-state index contributed by atoms with van der Waals surface area (Å²) in [4.78, 5) is 4.24. The first kappa shape index (κ1) is 20.8. The Labute approximate surface area is 173 Å². The second kappa shape index (κ2) is 8.61. The number of nitrogens with zero attached hydrogens (tertiary/aromatic N) is 2. The molecule has 0 aliphatic heterocycles. The molecule has 0 spiro atoms. The summed E-state index contributed by atoms with van der Waals surface area (Å²) in [6, 6.07) is 12.7. The van der Waals surface area contributed by atoms with E-state index in [0.29, 0.717) is 27.4 Å². The maximum atomic E-state index is 12.3.